The van der Waals surface area contributed by atoms with Gasteiger partial charge in [-0.05, 0) is 12.8 Å². The van der Waals surface area contributed by atoms with Gasteiger partial charge < -0.3 is 0 Å². The first-order chi connectivity index (χ1) is 14.4. The van der Waals surface area contributed by atoms with Gasteiger partial charge in [-0.2, -0.15) is 0 Å². The molecule has 0 amide bonds. The van der Waals surface area contributed by atoms with Crippen molar-refractivity contribution >= 4 is 8.58 Å². The van der Waals surface area contributed by atoms with Gasteiger partial charge in [0.25, 0.3) is 0 Å². The molecule has 0 atom stereocenters. The summed E-state index contributed by atoms with van der Waals surface area (Å²) >= 11 is 0. The van der Waals surface area contributed by atoms with Crippen molar-refractivity contribution < 1.29 is 0 Å². The second-order valence-corrected chi connectivity index (χ2v) is 9.34. The number of hydrogen-bond acceptors (Lipinski definition) is 0. The van der Waals surface area contributed by atoms with Crippen molar-refractivity contribution in [1.82, 2.24) is 0 Å². The second kappa shape index (κ2) is 27.5. The highest BCUT2D eigenvalue weighted by Crippen LogP contribution is 2.12. The van der Waals surface area contributed by atoms with Gasteiger partial charge in [0, 0.05) is 21.4 Å². The molecule has 0 aliphatic rings. The summed E-state index contributed by atoms with van der Waals surface area (Å²) in [4.78, 5) is 0. The molecule has 0 saturated heterocycles. The van der Waals surface area contributed by atoms with Crippen molar-refractivity contribution in [3.63, 3.8) is 0 Å². The Morgan fingerprint density at radius 3 is 0.966 bits per heavy atom. The van der Waals surface area contributed by atoms with Crippen LogP contribution in [0.15, 0.2) is 0 Å². The third kappa shape index (κ3) is 27.6. The van der Waals surface area contributed by atoms with E-state index in [0.29, 0.717) is 8.58 Å². The van der Waals surface area contributed by atoms with Crippen molar-refractivity contribution in [3.8, 4) is 23.2 Å². The highest BCUT2D eigenvalue weighted by molar-refractivity contribution is 7.49. The zero-order chi connectivity index (χ0) is 21.1. The van der Waals surface area contributed by atoms with Crippen LogP contribution in [0.25, 0.3) is 0 Å². The molecule has 168 valence electrons. The van der Waals surface area contributed by atoms with Gasteiger partial charge in [0.15, 0.2) is 0 Å². The minimum Gasteiger partial charge on any atom is -0.0979 e. The molecule has 0 radical (unpaired) electrons. The van der Waals surface area contributed by atoms with Crippen molar-refractivity contribution in [3.05, 3.63) is 0 Å². The molecule has 0 rings (SSSR count). The molecule has 0 aliphatic heterocycles. The molecule has 0 aromatic rings. The zero-order valence-corrected chi connectivity index (χ0v) is 21.1. The Morgan fingerprint density at radius 1 is 0.379 bits per heavy atom. The lowest BCUT2D eigenvalue weighted by molar-refractivity contribution is 0.558. The Bertz CT molecular complexity index is 377. The smallest absolute Gasteiger partial charge is 0.0358 e. The Kier molecular flexibility index (Phi) is 27.1. The summed E-state index contributed by atoms with van der Waals surface area (Å²) in [5.74, 6) is 6.63. The minimum atomic E-state index is 0.533. The Morgan fingerprint density at radius 2 is 0.655 bits per heavy atom. The molecule has 29 heavy (non-hydrogen) atoms. The molecule has 0 spiro atoms. The summed E-state index contributed by atoms with van der Waals surface area (Å²) in [6, 6.07) is 0. The molecule has 0 unspecified atom stereocenters. The van der Waals surface area contributed by atoms with Gasteiger partial charge >= 0.3 is 0 Å². The van der Waals surface area contributed by atoms with E-state index in [1.807, 2.05) is 0 Å². The van der Waals surface area contributed by atoms with Gasteiger partial charge in [-0.1, -0.05) is 153 Å². The highest BCUT2D eigenvalue weighted by atomic mass is 31.1. The standard InChI is InChI=1S/C28H51P/c1-3-5-7-9-11-13-15-17-19-21-23-25-27-29-28-26-24-22-20-18-16-14-12-10-8-6-4-2/h29H,3-24H2,1-2H3. The van der Waals surface area contributed by atoms with Gasteiger partial charge in [0.1, 0.15) is 0 Å². The number of hydrogen-bond donors (Lipinski definition) is 0. The second-order valence-electron chi connectivity index (χ2n) is 8.59. The summed E-state index contributed by atoms with van der Waals surface area (Å²) in [7, 11) is 0.533. The van der Waals surface area contributed by atoms with Crippen LogP contribution >= 0.6 is 8.58 Å². The topological polar surface area (TPSA) is 0 Å². The van der Waals surface area contributed by atoms with Crippen LogP contribution < -0.4 is 0 Å². The van der Waals surface area contributed by atoms with E-state index in [-0.39, 0.29) is 0 Å². The first-order valence-corrected chi connectivity index (χ1v) is 14.1. The van der Waals surface area contributed by atoms with Gasteiger partial charge in [-0.3, -0.25) is 0 Å². The average molecular weight is 419 g/mol. The molecule has 0 N–H and O–H groups in total. The average Bonchev–Trinajstić information content (AvgIpc) is 2.74. The van der Waals surface area contributed by atoms with E-state index in [4.69, 9.17) is 0 Å². The molecule has 0 fully saturated rings. The summed E-state index contributed by atoms with van der Waals surface area (Å²) in [5.41, 5.74) is 6.52. The maximum Gasteiger partial charge on any atom is 0.0358 e. The Labute approximate surface area is 187 Å². The fourth-order valence-electron chi connectivity index (χ4n) is 3.65. The molecule has 0 aromatic heterocycles. The van der Waals surface area contributed by atoms with Crippen molar-refractivity contribution in [2.45, 2.75) is 155 Å². The first-order valence-electron chi connectivity index (χ1n) is 13.1. The van der Waals surface area contributed by atoms with E-state index in [9.17, 15) is 0 Å². The van der Waals surface area contributed by atoms with E-state index in [1.54, 1.807) is 0 Å². The first kappa shape index (κ1) is 28.5. The van der Waals surface area contributed by atoms with Crippen LogP contribution in [0.2, 0.25) is 0 Å². The Hall–Kier alpha value is -0.450. The van der Waals surface area contributed by atoms with E-state index >= 15 is 0 Å². The van der Waals surface area contributed by atoms with Gasteiger partial charge in [-0.15, -0.1) is 0 Å². The number of rotatable bonds is 20. The predicted octanol–water partition coefficient (Wildman–Crippen LogP) is 10.2. The van der Waals surface area contributed by atoms with E-state index < -0.39 is 0 Å². The maximum absolute atomic E-state index is 3.31. The van der Waals surface area contributed by atoms with E-state index in [1.165, 1.54) is 128 Å². The van der Waals surface area contributed by atoms with Gasteiger partial charge in [-0.25, -0.2) is 0 Å². The van der Waals surface area contributed by atoms with Crippen molar-refractivity contribution in [1.29, 1.82) is 0 Å². The molecule has 0 bridgehead atoms. The summed E-state index contributed by atoms with van der Waals surface area (Å²) in [6.45, 7) is 4.57. The third-order valence-electron chi connectivity index (χ3n) is 5.61. The van der Waals surface area contributed by atoms with Gasteiger partial charge in [0.05, 0.1) is 0 Å². The molecule has 1 heteroatoms. The lowest BCUT2D eigenvalue weighted by atomic mass is 10.1. The molecule has 0 aliphatic carbocycles. The molecule has 0 heterocycles. The van der Waals surface area contributed by atoms with Crippen LogP contribution in [0.1, 0.15) is 155 Å². The van der Waals surface area contributed by atoms with Crippen LogP contribution in [0.3, 0.4) is 0 Å². The van der Waals surface area contributed by atoms with Crippen LogP contribution in [0, 0.1) is 23.2 Å². The lowest BCUT2D eigenvalue weighted by Crippen LogP contribution is -1.81. The van der Waals surface area contributed by atoms with Crippen molar-refractivity contribution in [2.75, 3.05) is 0 Å². The minimum absolute atomic E-state index is 0.533. The quantitative estimate of drug-likeness (QED) is 0.105. The molecule has 0 nitrogen and oxygen atoms in total. The van der Waals surface area contributed by atoms with Crippen LogP contribution in [-0.4, -0.2) is 0 Å². The van der Waals surface area contributed by atoms with Crippen LogP contribution in [-0.2, 0) is 0 Å². The molecule has 0 saturated carbocycles. The predicted molar refractivity (Wildman–Crippen MR) is 137 cm³/mol. The SMILES string of the molecule is CCCCCCCCCCCCC#CPC#CCCCCCCCCCCCC. The van der Waals surface area contributed by atoms with E-state index in [2.05, 4.69) is 37.0 Å². The summed E-state index contributed by atoms with van der Waals surface area (Å²) in [6.07, 6.45) is 30.1. The highest BCUT2D eigenvalue weighted by Gasteiger charge is 1.92. The Balaban J connectivity index is 3.21. The van der Waals surface area contributed by atoms with Crippen molar-refractivity contribution in [2.24, 2.45) is 0 Å². The fraction of sp³-hybridized carbons (Fsp3) is 0.857. The van der Waals surface area contributed by atoms with Gasteiger partial charge in [0.2, 0.25) is 0 Å². The summed E-state index contributed by atoms with van der Waals surface area (Å²) in [5, 5.41) is 0. The molecular weight excluding hydrogens is 367 g/mol. The molecular formula is C28H51P. The zero-order valence-electron chi connectivity index (χ0n) is 20.1. The molecule has 0 aromatic carbocycles. The fourth-order valence-corrected chi connectivity index (χ4v) is 4.14. The van der Waals surface area contributed by atoms with Crippen LogP contribution in [0.5, 0.6) is 0 Å². The largest absolute Gasteiger partial charge is 0.0979 e. The van der Waals surface area contributed by atoms with E-state index in [0.717, 1.165) is 12.8 Å². The summed E-state index contributed by atoms with van der Waals surface area (Å²) < 4.78 is 0. The maximum atomic E-state index is 3.31. The lowest BCUT2D eigenvalue weighted by Gasteiger charge is -2.00. The van der Waals surface area contributed by atoms with Crippen LogP contribution in [0.4, 0.5) is 0 Å². The number of unbranched alkanes of at least 4 members (excludes halogenated alkanes) is 20. The normalized spacial score (nSPS) is 10.3. The monoisotopic (exact) mass is 418 g/mol. The third-order valence-corrected chi connectivity index (χ3v) is 6.22.